The van der Waals surface area contributed by atoms with Crippen LogP contribution in [0.3, 0.4) is 0 Å². The maximum absolute atomic E-state index is 12.4. The standard InChI is InChI=1S/C22H27N3O5/c1-21(2,3)22(14-24-20(28)29)10-9-17(23-13-22)30-12-6-11-25-18(26)15-7-4-5-8-16(15)19(25)27/h4-5,7-10,24H,6,11-14H2,1-3H3,(H,28,29). The van der Waals surface area contributed by atoms with E-state index in [2.05, 4.69) is 10.3 Å². The molecule has 0 saturated heterocycles. The molecular weight excluding hydrogens is 386 g/mol. The molecule has 2 aliphatic rings. The van der Waals surface area contributed by atoms with Crippen LogP contribution in [0.1, 0.15) is 47.9 Å². The first-order valence-corrected chi connectivity index (χ1v) is 9.93. The van der Waals surface area contributed by atoms with E-state index < -0.39 is 11.5 Å². The molecule has 0 bridgehead atoms. The van der Waals surface area contributed by atoms with Crippen molar-refractivity contribution in [3.8, 4) is 0 Å². The molecule has 160 valence electrons. The molecule has 1 aromatic carbocycles. The number of nitrogens with one attached hydrogen (secondary N) is 1. The molecular formula is C22H27N3O5. The van der Waals surface area contributed by atoms with E-state index in [-0.39, 0.29) is 30.3 Å². The van der Waals surface area contributed by atoms with Gasteiger partial charge in [-0.2, -0.15) is 0 Å². The zero-order chi connectivity index (χ0) is 21.9. The molecule has 0 aromatic heterocycles. The van der Waals surface area contributed by atoms with Gasteiger partial charge in [0.25, 0.3) is 11.8 Å². The van der Waals surface area contributed by atoms with Gasteiger partial charge in [-0.3, -0.25) is 19.5 Å². The van der Waals surface area contributed by atoms with Crippen LogP contribution in [0.15, 0.2) is 41.4 Å². The number of aliphatic imine (C=N–C) groups is 1. The Morgan fingerprint density at radius 3 is 2.37 bits per heavy atom. The minimum absolute atomic E-state index is 0.202. The van der Waals surface area contributed by atoms with Gasteiger partial charge in [0.1, 0.15) is 0 Å². The lowest BCUT2D eigenvalue weighted by molar-refractivity contribution is 0.0646. The van der Waals surface area contributed by atoms with Crippen molar-refractivity contribution < 1.29 is 24.2 Å². The lowest BCUT2D eigenvalue weighted by Gasteiger charge is -2.42. The highest BCUT2D eigenvalue weighted by molar-refractivity contribution is 6.21. The van der Waals surface area contributed by atoms with Gasteiger partial charge in [-0.05, 0) is 30.0 Å². The van der Waals surface area contributed by atoms with Gasteiger partial charge in [-0.1, -0.05) is 39.0 Å². The molecule has 2 aliphatic heterocycles. The molecule has 3 amide bonds. The molecule has 1 unspecified atom stereocenters. The second kappa shape index (κ2) is 8.30. The maximum atomic E-state index is 12.4. The Labute approximate surface area is 175 Å². The highest BCUT2D eigenvalue weighted by Crippen LogP contribution is 2.41. The molecule has 2 heterocycles. The SMILES string of the molecule is CC(C)(C)C1(CNC(=O)O)C=CC(OCCCN2C(=O)c3ccccc3C2=O)=NC1. The number of hydrogen-bond donors (Lipinski definition) is 2. The topological polar surface area (TPSA) is 108 Å². The lowest BCUT2D eigenvalue weighted by Crippen LogP contribution is -2.47. The summed E-state index contributed by atoms with van der Waals surface area (Å²) in [5.41, 5.74) is 0.234. The first-order valence-electron chi connectivity index (χ1n) is 9.93. The van der Waals surface area contributed by atoms with Crippen LogP contribution in [0, 0.1) is 10.8 Å². The van der Waals surface area contributed by atoms with E-state index in [9.17, 15) is 14.4 Å². The number of benzene rings is 1. The Balaban J connectivity index is 1.51. The van der Waals surface area contributed by atoms with Crippen LogP contribution in [-0.2, 0) is 4.74 Å². The number of nitrogens with zero attached hydrogens (tertiary/aromatic N) is 2. The molecule has 3 rings (SSSR count). The fourth-order valence-corrected chi connectivity index (χ4v) is 3.59. The summed E-state index contributed by atoms with van der Waals surface area (Å²) in [5.74, 6) is -0.0784. The zero-order valence-corrected chi connectivity index (χ0v) is 17.5. The Hall–Kier alpha value is -3.16. The summed E-state index contributed by atoms with van der Waals surface area (Å²) >= 11 is 0. The molecule has 1 atom stereocenters. The molecule has 30 heavy (non-hydrogen) atoms. The average molecular weight is 413 g/mol. The molecule has 0 saturated carbocycles. The summed E-state index contributed by atoms with van der Waals surface area (Å²) in [4.78, 5) is 41.4. The second-order valence-electron chi connectivity index (χ2n) is 8.56. The van der Waals surface area contributed by atoms with Gasteiger partial charge in [0.05, 0.1) is 24.3 Å². The van der Waals surface area contributed by atoms with Gasteiger partial charge in [0.2, 0.25) is 5.90 Å². The number of ether oxygens (including phenoxy) is 1. The number of dihydropyridines is 1. The van der Waals surface area contributed by atoms with Gasteiger partial charge in [-0.25, -0.2) is 4.79 Å². The fourth-order valence-electron chi connectivity index (χ4n) is 3.59. The van der Waals surface area contributed by atoms with Crippen LogP contribution in [-0.4, -0.2) is 60.1 Å². The number of amides is 3. The molecule has 0 spiro atoms. The quantitative estimate of drug-likeness (QED) is 0.551. The predicted octanol–water partition coefficient (Wildman–Crippen LogP) is 2.96. The summed E-state index contributed by atoms with van der Waals surface area (Å²) in [5, 5.41) is 11.4. The van der Waals surface area contributed by atoms with Crippen LogP contribution in [0.2, 0.25) is 0 Å². The van der Waals surface area contributed by atoms with Gasteiger partial charge < -0.3 is 15.2 Å². The lowest BCUT2D eigenvalue weighted by atomic mass is 9.65. The van der Waals surface area contributed by atoms with Crippen molar-refractivity contribution in [1.82, 2.24) is 10.2 Å². The van der Waals surface area contributed by atoms with Gasteiger partial charge >= 0.3 is 6.09 Å². The molecule has 0 aliphatic carbocycles. The number of hydrogen-bond acceptors (Lipinski definition) is 5. The molecule has 0 radical (unpaired) electrons. The van der Waals surface area contributed by atoms with E-state index in [0.29, 0.717) is 36.6 Å². The van der Waals surface area contributed by atoms with E-state index in [1.807, 2.05) is 26.8 Å². The van der Waals surface area contributed by atoms with Crippen LogP contribution in [0.5, 0.6) is 0 Å². The van der Waals surface area contributed by atoms with E-state index in [1.165, 1.54) is 4.90 Å². The summed E-state index contributed by atoms with van der Waals surface area (Å²) < 4.78 is 5.70. The number of fused-ring (bicyclic) bond motifs is 1. The van der Waals surface area contributed by atoms with Crippen molar-refractivity contribution in [3.05, 3.63) is 47.5 Å². The van der Waals surface area contributed by atoms with Crippen molar-refractivity contribution in [2.45, 2.75) is 27.2 Å². The number of rotatable bonds is 6. The highest BCUT2D eigenvalue weighted by atomic mass is 16.5. The monoisotopic (exact) mass is 413 g/mol. The first kappa shape index (κ1) is 21.5. The van der Waals surface area contributed by atoms with Crippen LogP contribution in [0.4, 0.5) is 4.79 Å². The minimum atomic E-state index is -1.06. The fraction of sp³-hybridized carbons (Fsp3) is 0.455. The summed E-state index contributed by atoms with van der Waals surface area (Å²) in [6.45, 7) is 7.39. The molecule has 1 aromatic rings. The van der Waals surface area contributed by atoms with E-state index in [1.54, 1.807) is 30.3 Å². The normalized spacial score (nSPS) is 20.8. The first-order chi connectivity index (χ1) is 14.1. The predicted molar refractivity (Wildman–Crippen MR) is 112 cm³/mol. The number of carbonyl (C=O) groups excluding carboxylic acids is 2. The van der Waals surface area contributed by atoms with Crippen molar-refractivity contribution in [1.29, 1.82) is 0 Å². The second-order valence-corrected chi connectivity index (χ2v) is 8.56. The van der Waals surface area contributed by atoms with Gasteiger partial charge in [0, 0.05) is 18.5 Å². The maximum Gasteiger partial charge on any atom is 0.404 e. The van der Waals surface area contributed by atoms with Gasteiger partial charge in [-0.15, -0.1) is 0 Å². The van der Waals surface area contributed by atoms with Crippen LogP contribution < -0.4 is 5.32 Å². The number of carbonyl (C=O) groups is 3. The Morgan fingerprint density at radius 2 is 1.87 bits per heavy atom. The summed E-state index contributed by atoms with van der Waals surface area (Å²) in [7, 11) is 0. The average Bonchev–Trinajstić information content (AvgIpc) is 2.94. The van der Waals surface area contributed by atoms with Crippen molar-refractivity contribution >= 4 is 23.8 Å². The van der Waals surface area contributed by atoms with Crippen molar-refractivity contribution in [2.75, 3.05) is 26.2 Å². The van der Waals surface area contributed by atoms with E-state index in [4.69, 9.17) is 9.84 Å². The molecule has 8 heteroatoms. The number of imide groups is 1. The third kappa shape index (κ3) is 4.22. The van der Waals surface area contributed by atoms with Crippen LogP contribution in [0.25, 0.3) is 0 Å². The smallest absolute Gasteiger partial charge is 0.404 e. The molecule has 2 N–H and O–H groups in total. The van der Waals surface area contributed by atoms with Crippen molar-refractivity contribution in [2.24, 2.45) is 15.8 Å². The third-order valence-corrected chi connectivity index (χ3v) is 5.76. The van der Waals surface area contributed by atoms with Gasteiger partial charge in [0.15, 0.2) is 0 Å². The largest absolute Gasteiger partial charge is 0.478 e. The third-order valence-electron chi connectivity index (χ3n) is 5.76. The van der Waals surface area contributed by atoms with E-state index >= 15 is 0 Å². The summed E-state index contributed by atoms with van der Waals surface area (Å²) in [6.07, 6.45) is 3.14. The molecule has 0 fully saturated rings. The highest BCUT2D eigenvalue weighted by Gasteiger charge is 2.41. The Kier molecular flexibility index (Phi) is 5.96. The molecule has 8 nitrogen and oxygen atoms in total. The van der Waals surface area contributed by atoms with Crippen LogP contribution >= 0.6 is 0 Å². The zero-order valence-electron chi connectivity index (χ0n) is 17.5. The van der Waals surface area contributed by atoms with E-state index in [0.717, 1.165) is 0 Å². The summed E-state index contributed by atoms with van der Waals surface area (Å²) in [6, 6.07) is 6.81. The minimum Gasteiger partial charge on any atom is -0.478 e. The van der Waals surface area contributed by atoms with Crippen molar-refractivity contribution in [3.63, 3.8) is 0 Å². The Bertz CT molecular complexity index is 881. The number of carboxylic acid groups (broad SMARTS) is 1. The Morgan fingerprint density at radius 1 is 1.23 bits per heavy atom.